The van der Waals surface area contributed by atoms with Gasteiger partial charge in [0, 0.05) is 19.6 Å². The standard InChI is InChI=1S/C12H22N2O3/c1-8-3-5-13-10(8)11(15)14-7-12(16)4-6-17-9(12)2/h8-10,13,16H,3-7H2,1-2H3,(H,14,15). The molecule has 2 fully saturated rings. The number of ether oxygens (including phenoxy) is 1. The Hall–Kier alpha value is -0.650. The Bertz CT molecular complexity index is 297. The zero-order chi connectivity index (χ0) is 12.5. The molecular formula is C12H22N2O3. The summed E-state index contributed by atoms with van der Waals surface area (Å²) in [4.78, 5) is 11.9. The third-order valence-electron chi connectivity index (χ3n) is 4.04. The van der Waals surface area contributed by atoms with Crippen LogP contribution in [0.4, 0.5) is 0 Å². The minimum atomic E-state index is -0.905. The highest BCUT2D eigenvalue weighted by molar-refractivity contribution is 5.82. The molecule has 4 atom stereocenters. The van der Waals surface area contributed by atoms with Crippen molar-refractivity contribution in [1.29, 1.82) is 0 Å². The molecule has 98 valence electrons. The van der Waals surface area contributed by atoms with E-state index in [2.05, 4.69) is 17.6 Å². The summed E-state index contributed by atoms with van der Waals surface area (Å²) in [6, 6.07) is -0.115. The van der Waals surface area contributed by atoms with Crippen molar-refractivity contribution in [3.63, 3.8) is 0 Å². The molecule has 0 aliphatic carbocycles. The van der Waals surface area contributed by atoms with E-state index in [1.165, 1.54) is 0 Å². The lowest BCUT2D eigenvalue weighted by atomic mass is 9.96. The lowest BCUT2D eigenvalue weighted by Crippen LogP contribution is -2.51. The molecule has 0 spiro atoms. The highest BCUT2D eigenvalue weighted by Crippen LogP contribution is 2.25. The molecule has 0 aromatic rings. The summed E-state index contributed by atoms with van der Waals surface area (Å²) in [5.41, 5.74) is -0.905. The highest BCUT2D eigenvalue weighted by Gasteiger charge is 2.40. The molecule has 5 heteroatoms. The van der Waals surface area contributed by atoms with Gasteiger partial charge < -0.3 is 20.5 Å². The van der Waals surface area contributed by atoms with Gasteiger partial charge >= 0.3 is 0 Å². The fourth-order valence-corrected chi connectivity index (χ4v) is 2.54. The first-order valence-electron chi connectivity index (χ1n) is 6.38. The molecule has 2 saturated heterocycles. The van der Waals surface area contributed by atoms with E-state index in [0.29, 0.717) is 18.9 Å². The molecular weight excluding hydrogens is 220 g/mol. The average Bonchev–Trinajstić information content (AvgIpc) is 2.84. The van der Waals surface area contributed by atoms with Crippen molar-refractivity contribution in [3.8, 4) is 0 Å². The average molecular weight is 242 g/mol. The van der Waals surface area contributed by atoms with E-state index in [1.54, 1.807) is 0 Å². The molecule has 5 nitrogen and oxygen atoms in total. The molecule has 1 amide bonds. The fraction of sp³-hybridized carbons (Fsp3) is 0.917. The number of aliphatic hydroxyl groups is 1. The largest absolute Gasteiger partial charge is 0.385 e. The summed E-state index contributed by atoms with van der Waals surface area (Å²) in [6.07, 6.45) is 1.40. The lowest BCUT2D eigenvalue weighted by molar-refractivity contribution is -0.125. The van der Waals surface area contributed by atoms with E-state index in [4.69, 9.17) is 4.74 Å². The number of rotatable bonds is 3. The Kier molecular flexibility index (Phi) is 3.70. The minimum Gasteiger partial charge on any atom is -0.385 e. The Labute approximate surface area is 102 Å². The number of hydrogen-bond acceptors (Lipinski definition) is 4. The summed E-state index contributed by atoms with van der Waals surface area (Å²) in [7, 11) is 0. The van der Waals surface area contributed by atoms with Crippen molar-refractivity contribution in [2.75, 3.05) is 19.7 Å². The van der Waals surface area contributed by atoms with Crippen molar-refractivity contribution in [3.05, 3.63) is 0 Å². The van der Waals surface area contributed by atoms with E-state index in [-0.39, 0.29) is 24.6 Å². The summed E-state index contributed by atoms with van der Waals surface area (Å²) in [5, 5.41) is 16.3. The van der Waals surface area contributed by atoms with Crippen LogP contribution in [0, 0.1) is 5.92 Å². The van der Waals surface area contributed by atoms with Crippen LogP contribution in [0.3, 0.4) is 0 Å². The van der Waals surface area contributed by atoms with Crippen molar-refractivity contribution in [2.24, 2.45) is 5.92 Å². The predicted octanol–water partition coefficient (Wildman–Crippen LogP) is -0.359. The van der Waals surface area contributed by atoms with E-state index in [9.17, 15) is 9.90 Å². The number of nitrogens with one attached hydrogen (secondary N) is 2. The Morgan fingerprint density at radius 3 is 2.88 bits per heavy atom. The molecule has 2 aliphatic heterocycles. The van der Waals surface area contributed by atoms with Crippen LogP contribution in [-0.4, -0.2) is 48.5 Å². The summed E-state index contributed by atoms with van der Waals surface area (Å²) in [6.45, 7) is 5.64. The molecule has 0 radical (unpaired) electrons. The maximum absolute atomic E-state index is 11.9. The van der Waals surface area contributed by atoms with Gasteiger partial charge in [0.25, 0.3) is 0 Å². The van der Waals surface area contributed by atoms with E-state index >= 15 is 0 Å². The number of carbonyl (C=O) groups is 1. The topological polar surface area (TPSA) is 70.6 Å². The molecule has 17 heavy (non-hydrogen) atoms. The summed E-state index contributed by atoms with van der Waals surface area (Å²) >= 11 is 0. The molecule has 0 saturated carbocycles. The van der Waals surface area contributed by atoms with E-state index < -0.39 is 5.60 Å². The molecule has 2 heterocycles. The van der Waals surface area contributed by atoms with Crippen LogP contribution in [0.2, 0.25) is 0 Å². The van der Waals surface area contributed by atoms with Gasteiger partial charge in [-0.3, -0.25) is 4.79 Å². The molecule has 0 bridgehead atoms. The van der Waals surface area contributed by atoms with Gasteiger partial charge in [-0.2, -0.15) is 0 Å². The molecule has 2 aliphatic rings. The van der Waals surface area contributed by atoms with Gasteiger partial charge in [-0.15, -0.1) is 0 Å². The van der Waals surface area contributed by atoms with Gasteiger partial charge in [0.2, 0.25) is 5.91 Å². The first-order chi connectivity index (χ1) is 8.03. The first-order valence-corrected chi connectivity index (χ1v) is 6.38. The van der Waals surface area contributed by atoms with Crippen molar-refractivity contribution in [1.82, 2.24) is 10.6 Å². The molecule has 3 N–H and O–H groups in total. The van der Waals surface area contributed by atoms with Crippen molar-refractivity contribution in [2.45, 2.75) is 44.4 Å². The third kappa shape index (κ3) is 2.61. The van der Waals surface area contributed by atoms with Gasteiger partial charge in [0.05, 0.1) is 12.1 Å². The predicted molar refractivity (Wildman–Crippen MR) is 63.6 cm³/mol. The fourth-order valence-electron chi connectivity index (χ4n) is 2.54. The normalized spacial score (nSPS) is 41.7. The molecule has 2 rings (SSSR count). The zero-order valence-corrected chi connectivity index (χ0v) is 10.5. The van der Waals surface area contributed by atoms with Crippen LogP contribution >= 0.6 is 0 Å². The third-order valence-corrected chi connectivity index (χ3v) is 4.04. The molecule has 4 unspecified atom stereocenters. The minimum absolute atomic E-state index is 0.0116. The maximum Gasteiger partial charge on any atom is 0.237 e. The Morgan fingerprint density at radius 1 is 1.59 bits per heavy atom. The van der Waals surface area contributed by atoms with Crippen LogP contribution in [0.15, 0.2) is 0 Å². The summed E-state index contributed by atoms with van der Waals surface area (Å²) < 4.78 is 5.33. The second-order valence-corrected chi connectivity index (χ2v) is 5.28. The van der Waals surface area contributed by atoms with Gasteiger partial charge in [-0.25, -0.2) is 0 Å². The number of hydrogen-bond donors (Lipinski definition) is 3. The van der Waals surface area contributed by atoms with Gasteiger partial charge in [0.15, 0.2) is 0 Å². The smallest absolute Gasteiger partial charge is 0.237 e. The lowest BCUT2D eigenvalue weighted by Gasteiger charge is -2.27. The highest BCUT2D eigenvalue weighted by atomic mass is 16.5. The van der Waals surface area contributed by atoms with Crippen LogP contribution in [0.1, 0.15) is 26.7 Å². The SMILES string of the molecule is CC1CCNC1C(=O)NCC1(O)CCOC1C. The van der Waals surface area contributed by atoms with Crippen molar-refractivity contribution < 1.29 is 14.6 Å². The quantitative estimate of drug-likeness (QED) is 0.632. The molecule has 0 aromatic carbocycles. The zero-order valence-electron chi connectivity index (χ0n) is 10.5. The van der Waals surface area contributed by atoms with E-state index in [0.717, 1.165) is 13.0 Å². The van der Waals surface area contributed by atoms with E-state index in [1.807, 2.05) is 6.92 Å². The second-order valence-electron chi connectivity index (χ2n) is 5.28. The summed E-state index contributed by atoms with van der Waals surface area (Å²) in [5.74, 6) is 0.351. The van der Waals surface area contributed by atoms with Crippen LogP contribution in [-0.2, 0) is 9.53 Å². The monoisotopic (exact) mass is 242 g/mol. The molecule has 0 aromatic heterocycles. The number of carbonyl (C=O) groups excluding carboxylic acids is 1. The van der Waals surface area contributed by atoms with Crippen LogP contribution < -0.4 is 10.6 Å². The van der Waals surface area contributed by atoms with Crippen molar-refractivity contribution >= 4 is 5.91 Å². The van der Waals surface area contributed by atoms with Crippen LogP contribution in [0.25, 0.3) is 0 Å². The van der Waals surface area contributed by atoms with Gasteiger partial charge in [-0.05, 0) is 25.8 Å². The first kappa shape index (κ1) is 12.8. The van der Waals surface area contributed by atoms with Crippen LogP contribution in [0.5, 0.6) is 0 Å². The van der Waals surface area contributed by atoms with Gasteiger partial charge in [0.1, 0.15) is 5.60 Å². The van der Waals surface area contributed by atoms with Gasteiger partial charge in [-0.1, -0.05) is 6.92 Å². The second kappa shape index (κ2) is 4.92. The Balaban J connectivity index is 1.83. The number of amides is 1. The maximum atomic E-state index is 11.9. The Morgan fingerprint density at radius 2 is 2.35 bits per heavy atom.